The first-order chi connectivity index (χ1) is 7.74. The molecule has 0 radical (unpaired) electrons. The van der Waals surface area contributed by atoms with Gasteiger partial charge in [-0.15, -0.1) is 0 Å². The van der Waals surface area contributed by atoms with Gasteiger partial charge in [-0.2, -0.15) is 4.98 Å². The Bertz CT molecular complexity index is 369. The molecule has 1 fully saturated rings. The maximum atomic E-state index is 5.75. The summed E-state index contributed by atoms with van der Waals surface area (Å²) < 4.78 is 5.16. The summed E-state index contributed by atoms with van der Waals surface area (Å²) in [7, 11) is 1.62. The molecule has 2 heterocycles. The molecule has 16 heavy (non-hydrogen) atoms. The molecular weight excluding hydrogens is 204 g/mol. The summed E-state index contributed by atoms with van der Waals surface area (Å²) in [4.78, 5) is 10.9. The fourth-order valence-electron chi connectivity index (χ4n) is 2.16. The largest absolute Gasteiger partial charge is 0.481 e. The van der Waals surface area contributed by atoms with Gasteiger partial charge in [0.1, 0.15) is 11.6 Å². The van der Waals surface area contributed by atoms with Crippen LogP contribution in [-0.2, 0) is 0 Å². The summed E-state index contributed by atoms with van der Waals surface area (Å²) in [6, 6.07) is 2.28. The Labute approximate surface area is 95.6 Å². The van der Waals surface area contributed by atoms with Crippen LogP contribution in [0.25, 0.3) is 0 Å². The van der Waals surface area contributed by atoms with Crippen molar-refractivity contribution in [2.24, 2.45) is 5.73 Å². The van der Waals surface area contributed by atoms with Gasteiger partial charge in [-0.3, -0.25) is 0 Å². The molecule has 0 aromatic carbocycles. The summed E-state index contributed by atoms with van der Waals surface area (Å²) in [5.74, 6) is 2.28. The fourth-order valence-corrected chi connectivity index (χ4v) is 2.16. The van der Waals surface area contributed by atoms with Gasteiger partial charge in [-0.1, -0.05) is 0 Å². The Hall–Kier alpha value is -1.36. The highest BCUT2D eigenvalue weighted by molar-refractivity contribution is 5.44. The number of anilines is 1. The van der Waals surface area contributed by atoms with Crippen LogP contribution in [-0.4, -0.2) is 36.2 Å². The van der Waals surface area contributed by atoms with E-state index in [0.29, 0.717) is 18.5 Å². The second-order valence-electron chi connectivity index (χ2n) is 4.04. The van der Waals surface area contributed by atoms with Crippen LogP contribution >= 0.6 is 0 Å². The van der Waals surface area contributed by atoms with Gasteiger partial charge in [-0.25, -0.2) is 4.98 Å². The number of rotatable bonds is 3. The molecule has 1 aromatic rings. The van der Waals surface area contributed by atoms with Crippen molar-refractivity contribution in [2.75, 3.05) is 25.1 Å². The molecule has 1 saturated heterocycles. The Morgan fingerprint density at radius 2 is 2.38 bits per heavy atom. The number of methoxy groups -OCH3 is 1. The minimum absolute atomic E-state index is 0.402. The highest BCUT2D eigenvalue weighted by Gasteiger charge is 2.24. The van der Waals surface area contributed by atoms with E-state index in [1.54, 1.807) is 7.11 Å². The molecule has 0 spiro atoms. The minimum Gasteiger partial charge on any atom is -0.481 e. The second-order valence-corrected chi connectivity index (χ2v) is 4.04. The van der Waals surface area contributed by atoms with Crippen molar-refractivity contribution in [3.05, 3.63) is 11.9 Å². The van der Waals surface area contributed by atoms with Crippen LogP contribution in [0.2, 0.25) is 0 Å². The zero-order valence-corrected chi connectivity index (χ0v) is 9.81. The maximum absolute atomic E-state index is 5.75. The minimum atomic E-state index is 0.402. The predicted octanol–water partition coefficient (Wildman–Crippen LogP) is 0.721. The van der Waals surface area contributed by atoms with Gasteiger partial charge in [-0.05, 0) is 19.8 Å². The first kappa shape index (κ1) is 11.1. The van der Waals surface area contributed by atoms with Crippen LogP contribution in [0.3, 0.4) is 0 Å². The molecular formula is C11H18N4O. The van der Waals surface area contributed by atoms with Crippen molar-refractivity contribution >= 4 is 5.82 Å². The van der Waals surface area contributed by atoms with E-state index in [-0.39, 0.29) is 0 Å². The third-order valence-electron chi connectivity index (χ3n) is 2.95. The lowest BCUT2D eigenvalue weighted by molar-refractivity contribution is 0.395. The van der Waals surface area contributed by atoms with E-state index in [4.69, 9.17) is 10.5 Å². The monoisotopic (exact) mass is 222 g/mol. The number of nitrogens with zero attached hydrogens (tertiary/aromatic N) is 3. The van der Waals surface area contributed by atoms with Gasteiger partial charge in [0.2, 0.25) is 5.88 Å². The molecule has 0 saturated carbocycles. The predicted molar refractivity (Wildman–Crippen MR) is 62.7 cm³/mol. The van der Waals surface area contributed by atoms with E-state index < -0.39 is 0 Å². The van der Waals surface area contributed by atoms with Crippen molar-refractivity contribution < 1.29 is 4.74 Å². The second kappa shape index (κ2) is 4.65. The van der Waals surface area contributed by atoms with Crippen LogP contribution in [0.4, 0.5) is 5.82 Å². The molecule has 1 atom stereocenters. The molecule has 1 unspecified atom stereocenters. The topological polar surface area (TPSA) is 64.3 Å². The SMILES string of the molecule is COc1cc(N2CCCC2CN)nc(C)n1. The average Bonchev–Trinajstić information content (AvgIpc) is 2.76. The van der Waals surface area contributed by atoms with Crippen LogP contribution in [0.1, 0.15) is 18.7 Å². The molecule has 5 nitrogen and oxygen atoms in total. The summed E-state index contributed by atoms with van der Waals surface area (Å²) in [6.45, 7) is 3.56. The molecule has 88 valence electrons. The lowest BCUT2D eigenvalue weighted by atomic mass is 10.2. The zero-order chi connectivity index (χ0) is 11.5. The number of hydrogen-bond acceptors (Lipinski definition) is 5. The molecule has 5 heteroatoms. The molecule has 0 bridgehead atoms. The van der Waals surface area contributed by atoms with Gasteiger partial charge < -0.3 is 15.4 Å². The normalized spacial score (nSPS) is 20.2. The summed E-state index contributed by atoms with van der Waals surface area (Å²) in [6.07, 6.45) is 2.31. The van der Waals surface area contributed by atoms with Crippen molar-refractivity contribution in [3.8, 4) is 5.88 Å². The van der Waals surface area contributed by atoms with Gasteiger partial charge in [0.25, 0.3) is 0 Å². The van der Waals surface area contributed by atoms with E-state index in [0.717, 1.165) is 24.6 Å². The van der Waals surface area contributed by atoms with Crippen LogP contribution < -0.4 is 15.4 Å². The molecule has 0 aliphatic carbocycles. The van der Waals surface area contributed by atoms with Gasteiger partial charge in [0.05, 0.1) is 7.11 Å². The van der Waals surface area contributed by atoms with Crippen LogP contribution in [0, 0.1) is 6.92 Å². The van der Waals surface area contributed by atoms with Crippen molar-refractivity contribution in [2.45, 2.75) is 25.8 Å². The first-order valence-electron chi connectivity index (χ1n) is 5.61. The van der Waals surface area contributed by atoms with Crippen molar-refractivity contribution in [3.63, 3.8) is 0 Å². The third-order valence-corrected chi connectivity index (χ3v) is 2.95. The highest BCUT2D eigenvalue weighted by Crippen LogP contribution is 2.25. The Kier molecular flexibility index (Phi) is 3.24. The number of ether oxygens (including phenoxy) is 1. The summed E-state index contributed by atoms with van der Waals surface area (Å²) in [5, 5.41) is 0. The van der Waals surface area contributed by atoms with E-state index in [9.17, 15) is 0 Å². The molecule has 2 N–H and O–H groups in total. The third kappa shape index (κ3) is 2.09. The van der Waals surface area contributed by atoms with Gasteiger partial charge >= 0.3 is 0 Å². The molecule has 1 aromatic heterocycles. The fraction of sp³-hybridized carbons (Fsp3) is 0.636. The molecule has 0 amide bonds. The Morgan fingerprint density at radius 3 is 3.06 bits per heavy atom. The zero-order valence-electron chi connectivity index (χ0n) is 9.81. The molecule has 1 aliphatic rings. The van der Waals surface area contributed by atoms with Gasteiger partial charge in [0, 0.05) is 25.2 Å². The quantitative estimate of drug-likeness (QED) is 0.816. The smallest absolute Gasteiger partial charge is 0.218 e. The molecule has 1 aliphatic heterocycles. The number of nitrogens with two attached hydrogens (primary N) is 1. The van der Waals surface area contributed by atoms with Crippen molar-refractivity contribution in [1.29, 1.82) is 0 Å². The van der Waals surface area contributed by atoms with E-state index >= 15 is 0 Å². The van der Waals surface area contributed by atoms with E-state index in [1.807, 2.05) is 13.0 Å². The summed E-state index contributed by atoms with van der Waals surface area (Å²) in [5.41, 5.74) is 5.75. The highest BCUT2D eigenvalue weighted by atomic mass is 16.5. The first-order valence-corrected chi connectivity index (χ1v) is 5.61. The lowest BCUT2D eigenvalue weighted by Crippen LogP contribution is -2.36. The molecule has 2 rings (SSSR count). The standard InChI is InChI=1S/C11H18N4O/c1-8-13-10(6-11(14-8)16-2)15-5-3-4-9(15)7-12/h6,9H,3-5,7,12H2,1-2H3. The average molecular weight is 222 g/mol. The van der Waals surface area contributed by atoms with Crippen LogP contribution in [0.5, 0.6) is 5.88 Å². The lowest BCUT2D eigenvalue weighted by Gasteiger charge is -2.24. The van der Waals surface area contributed by atoms with Crippen molar-refractivity contribution in [1.82, 2.24) is 9.97 Å². The number of aromatic nitrogens is 2. The maximum Gasteiger partial charge on any atom is 0.218 e. The number of aryl methyl sites for hydroxylation is 1. The Balaban J connectivity index is 2.28. The van der Waals surface area contributed by atoms with Crippen LogP contribution in [0.15, 0.2) is 6.07 Å². The van der Waals surface area contributed by atoms with Gasteiger partial charge in [0.15, 0.2) is 0 Å². The van der Waals surface area contributed by atoms with E-state index in [1.165, 1.54) is 6.42 Å². The van der Waals surface area contributed by atoms with E-state index in [2.05, 4.69) is 14.9 Å². The Morgan fingerprint density at radius 1 is 1.56 bits per heavy atom. The summed E-state index contributed by atoms with van der Waals surface area (Å²) >= 11 is 0. The number of hydrogen-bond donors (Lipinski definition) is 1.